The Kier molecular flexibility index (Phi) is 5.18. The molecule has 1 aliphatic heterocycles. The lowest BCUT2D eigenvalue weighted by molar-refractivity contribution is 0.0940. The Morgan fingerprint density at radius 2 is 2.20 bits per heavy atom. The average Bonchev–Trinajstić information content (AvgIpc) is 2.90. The first-order chi connectivity index (χ1) is 9.61. The lowest BCUT2D eigenvalue weighted by Gasteiger charge is -2.17. The van der Waals surface area contributed by atoms with Gasteiger partial charge in [0.15, 0.2) is 5.78 Å². The Hall–Kier alpha value is -1.35. The molecule has 2 N–H and O–H groups in total. The number of carbonyl (C=O) groups is 1. The molecule has 0 aromatic heterocycles. The van der Waals surface area contributed by atoms with Crippen molar-refractivity contribution in [2.45, 2.75) is 46.1 Å². The Bertz CT molecular complexity index is 468. The van der Waals surface area contributed by atoms with Crippen molar-refractivity contribution >= 4 is 11.5 Å². The summed E-state index contributed by atoms with van der Waals surface area (Å²) >= 11 is 0. The van der Waals surface area contributed by atoms with Crippen LogP contribution in [-0.4, -0.2) is 24.9 Å². The fourth-order valence-corrected chi connectivity index (χ4v) is 2.63. The second kappa shape index (κ2) is 6.89. The van der Waals surface area contributed by atoms with Crippen LogP contribution in [0.15, 0.2) is 18.2 Å². The SMILES string of the molecule is CCC(NCCC(C)C)C(=O)c1ccc2c(c1)CCN2. The van der Waals surface area contributed by atoms with E-state index in [1.54, 1.807) is 0 Å². The lowest BCUT2D eigenvalue weighted by atomic mass is 9.99. The number of anilines is 1. The fraction of sp³-hybridized carbons (Fsp3) is 0.588. The Morgan fingerprint density at radius 3 is 2.90 bits per heavy atom. The molecule has 3 nitrogen and oxygen atoms in total. The fourth-order valence-electron chi connectivity index (χ4n) is 2.63. The normalized spacial score (nSPS) is 15.0. The maximum Gasteiger partial charge on any atom is 0.179 e. The molecular formula is C17H26N2O. The number of rotatable bonds is 7. The van der Waals surface area contributed by atoms with E-state index in [9.17, 15) is 4.79 Å². The molecule has 0 radical (unpaired) electrons. The van der Waals surface area contributed by atoms with Gasteiger partial charge in [-0.2, -0.15) is 0 Å². The van der Waals surface area contributed by atoms with Crippen LogP contribution in [-0.2, 0) is 6.42 Å². The molecule has 0 spiro atoms. The van der Waals surface area contributed by atoms with Gasteiger partial charge in [-0.25, -0.2) is 0 Å². The largest absolute Gasteiger partial charge is 0.384 e. The molecule has 20 heavy (non-hydrogen) atoms. The van der Waals surface area contributed by atoms with Crippen molar-refractivity contribution in [3.05, 3.63) is 29.3 Å². The quantitative estimate of drug-likeness (QED) is 0.750. The minimum absolute atomic E-state index is 0.0545. The molecular weight excluding hydrogens is 248 g/mol. The van der Waals surface area contributed by atoms with Crippen molar-refractivity contribution in [2.75, 3.05) is 18.4 Å². The van der Waals surface area contributed by atoms with E-state index in [1.807, 2.05) is 12.1 Å². The first kappa shape index (κ1) is 15.0. The number of carbonyl (C=O) groups excluding carboxylic acids is 1. The van der Waals surface area contributed by atoms with Crippen molar-refractivity contribution < 1.29 is 4.79 Å². The van der Waals surface area contributed by atoms with Crippen LogP contribution in [0.2, 0.25) is 0 Å². The highest BCUT2D eigenvalue weighted by Crippen LogP contribution is 2.23. The highest BCUT2D eigenvalue weighted by Gasteiger charge is 2.19. The van der Waals surface area contributed by atoms with Crippen molar-refractivity contribution in [2.24, 2.45) is 5.92 Å². The Labute approximate surface area is 122 Å². The van der Waals surface area contributed by atoms with Gasteiger partial charge in [-0.05, 0) is 55.5 Å². The van der Waals surface area contributed by atoms with E-state index in [-0.39, 0.29) is 11.8 Å². The topological polar surface area (TPSA) is 41.1 Å². The molecule has 0 bridgehead atoms. The zero-order valence-electron chi connectivity index (χ0n) is 12.8. The first-order valence-electron chi connectivity index (χ1n) is 7.76. The number of benzene rings is 1. The van der Waals surface area contributed by atoms with Crippen LogP contribution < -0.4 is 10.6 Å². The van der Waals surface area contributed by atoms with Crippen molar-refractivity contribution in [1.29, 1.82) is 0 Å². The molecule has 0 saturated carbocycles. The Morgan fingerprint density at radius 1 is 1.40 bits per heavy atom. The second-order valence-electron chi connectivity index (χ2n) is 6.01. The van der Waals surface area contributed by atoms with Crippen LogP contribution in [0.4, 0.5) is 5.69 Å². The van der Waals surface area contributed by atoms with Gasteiger partial charge in [0.05, 0.1) is 6.04 Å². The molecule has 0 fully saturated rings. The van der Waals surface area contributed by atoms with Gasteiger partial charge >= 0.3 is 0 Å². The van der Waals surface area contributed by atoms with E-state index in [0.717, 1.165) is 37.9 Å². The molecule has 1 heterocycles. The predicted molar refractivity (Wildman–Crippen MR) is 84.5 cm³/mol. The number of nitrogens with one attached hydrogen (secondary N) is 2. The molecule has 110 valence electrons. The summed E-state index contributed by atoms with van der Waals surface area (Å²) in [5.41, 5.74) is 3.30. The van der Waals surface area contributed by atoms with Crippen LogP contribution in [0.5, 0.6) is 0 Å². The summed E-state index contributed by atoms with van der Waals surface area (Å²) in [6.07, 6.45) is 2.97. The molecule has 3 heteroatoms. The van der Waals surface area contributed by atoms with Gasteiger partial charge < -0.3 is 10.6 Å². The van der Waals surface area contributed by atoms with Crippen molar-refractivity contribution in [1.82, 2.24) is 5.32 Å². The van der Waals surface area contributed by atoms with E-state index < -0.39 is 0 Å². The third-order valence-corrected chi connectivity index (χ3v) is 3.94. The maximum atomic E-state index is 12.6. The maximum absolute atomic E-state index is 12.6. The number of fused-ring (bicyclic) bond motifs is 1. The molecule has 1 aromatic rings. The third kappa shape index (κ3) is 3.60. The van der Waals surface area contributed by atoms with E-state index in [4.69, 9.17) is 0 Å². The number of Topliss-reactive ketones (excluding diaryl/α,β-unsaturated/α-hetero) is 1. The van der Waals surface area contributed by atoms with Gasteiger partial charge in [0.25, 0.3) is 0 Å². The minimum Gasteiger partial charge on any atom is -0.384 e. The van der Waals surface area contributed by atoms with Crippen molar-refractivity contribution in [3.63, 3.8) is 0 Å². The molecule has 1 aliphatic rings. The summed E-state index contributed by atoms with van der Waals surface area (Å²) in [5.74, 6) is 0.895. The molecule has 0 saturated heterocycles. The summed E-state index contributed by atoms with van der Waals surface area (Å²) < 4.78 is 0. The molecule has 0 aliphatic carbocycles. The van der Waals surface area contributed by atoms with Crippen LogP contribution in [0.3, 0.4) is 0 Å². The first-order valence-corrected chi connectivity index (χ1v) is 7.76. The molecule has 2 rings (SSSR count). The molecule has 1 aromatic carbocycles. The molecule has 1 atom stereocenters. The Balaban J connectivity index is 2.00. The second-order valence-corrected chi connectivity index (χ2v) is 6.01. The zero-order chi connectivity index (χ0) is 14.5. The molecule has 1 unspecified atom stereocenters. The third-order valence-electron chi connectivity index (χ3n) is 3.94. The van der Waals surface area contributed by atoms with Gasteiger partial charge in [-0.3, -0.25) is 4.79 Å². The minimum atomic E-state index is -0.0545. The highest BCUT2D eigenvalue weighted by atomic mass is 16.1. The summed E-state index contributed by atoms with van der Waals surface area (Å²) in [5, 5.41) is 6.73. The van der Waals surface area contributed by atoms with Crippen LogP contribution >= 0.6 is 0 Å². The van der Waals surface area contributed by atoms with Crippen LogP contribution in [0, 0.1) is 5.92 Å². The highest BCUT2D eigenvalue weighted by molar-refractivity contribution is 6.00. The van der Waals surface area contributed by atoms with Crippen molar-refractivity contribution in [3.8, 4) is 0 Å². The van der Waals surface area contributed by atoms with E-state index >= 15 is 0 Å². The number of hydrogen-bond donors (Lipinski definition) is 2. The summed E-state index contributed by atoms with van der Waals surface area (Å²) in [4.78, 5) is 12.6. The van der Waals surface area contributed by atoms with Gasteiger partial charge in [0.2, 0.25) is 0 Å². The van der Waals surface area contributed by atoms with Crippen LogP contribution in [0.25, 0.3) is 0 Å². The van der Waals surface area contributed by atoms with Gasteiger partial charge in [0, 0.05) is 17.8 Å². The van der Waals surface area contributed by atoms with E-state index in [0.29, 0.717) is 5.92 Å². The van der Waals surface area contributed by atoms with E-state index in [1.165, 1.54) is 11.3 Å². The van der Waals surface area contributed by atoms with Gasteiger partial charge in [-0.15, -0.1) is 0 Å². The zero-order valence-corrected chi connectivity index (χ0v) is 12.8. The summed E-state index contributed by atoms with van der Waals surface area (Å²) in [6.45, 7) is 8.38. The predicted octanol–water partition coefficient (Wildman–Crippen LogP) is 3.25. The van der Waals surface area contributed by atoms with Gasteiger partial charge in [0.1, 0.15) is 0 Å². The summed E-state index contributed by atoms with van der Waals surface area (Å²) in [7, 11) is 0. The lowest BCUT2D eigenvalue weighted by Crippen LogP contribution is -2.37. The van der Waals surface area contributed by atoms with Gasteiger partial charge in [-0.1, -0.05) is 20.8 Å². The standard InChI is InChI=1S/C17H26N2O/c1-4-15(18-9-7-12(2)3)17(20)14-5-6-16-13(11-14)8-10-19-16/h5-6,11-12,15,18-19H,4,7-10H2,1-3H3. The molecule has 0 amide bonds. The average molecular weight is 274 g/mol. The van der Waals surface area contributed by atoms with Crippen LogP contribution in [0.1, 0.15) is 49.5 Å². The van der Waals surface area contributed by atoms with E-state index in [2.05, 4.69) is 37.5 Å². The number of hydrogen-bond acceptors (Lipinski definition) is 3. The number of ketones is 1. The monoisotopic (exact) mass is 274 g/mol. The summed E-state index contributed by atoms with van der Waals surface area (Å²) in [6, 6.07) is 5.99. The smallest absolute Gasteiger partial charge is 0.179 e.